The van der Waals surface area contributed by atoms with E-state index in [1.54, 1.807) is 6.07 Å². The van der Waals surface area contributed by atoms with E-state index in [0.717, 1.165) is 36.2 Å². The van der Waals surface area contributed by atoms with E-state index in [1.807, 2.05) is 13.0 Å². The highest BCUT2D eigenvalue weighted by atomic mass is 19.1. The number of aryl methyl sites for hydroxylation is 1. The van der Waals surface area contributed by atoms with E-state index in [0.29, 0.717) is 5.52 Å². The molecular formula is C15H19FN2O. The Balaban J connectivity index is 2.64. The van der Waals surface area contributed by atoms with Crippen molar-refractivity contribution in [3.8, 4) is 5.75 Å². The molecule has 3 nitrogen and oxygen atoms in total. The van der Waals surface area contributed by atoms with Crippen molar-refractivity contribution in [2.75, 3.05) is 19.0 Å². The average molecular weight is 262 g/mol. The Hall–Kier alpha value is -1.84. The number of halogens is 1. The molecule has 1 aromatic heterocycles. The summed E-state index contributed by atoms with van der Waals surface area (Å²) >= 11 is 0. The van der Waals surface area contributed by atoms with Crippen molar-refractivity contribution in [1.82, 2.24) is 4.98 Å². The fourth-order valence-corrected chi connectivity index (χ4v) is 2.16. The Morgan fingerprint density at radius 3 is 2.68 bits per heavy atom. The Bertz CT molecular complexity index is 584. The second-order valence-corrected chi connectivity index (χ2v) is 4.45. The molecule has 0 fully saturated rings. The summed E-state index contributed by atoms with van der Waals surface area (Å²) < 4.78 is 18.8. The van der Waals surface area contributed by atoms with Crippen LogP contribution in [0.25, 0.3) is 10.9 Å². The van der Waals surface area contributed by atoms with Gasteiger partial charge < -0.3 is 10.1 Å². The average Bonchev–Trinajstić information content (AvgIpc) is 2.38. The highest BCUT2D eigenvalue weighted by Gasteiger charge is 2.10. The van der Waals surface area contributed by atoms with Crippen LogP contribution in [0.4, 0.5) is 10.1 Å². The third kappa shape index (κ3) is 2.78. The van der Waals surface area contributed by atoms with E-state index in [4.69, 9.17) is 4.74 Å². The number of nitrogens with one attached hydrogen (secondary N) is 1. The zero-order chi connectivity index (χ0) is 13.8. The van der Waals surface area contributed by atoms with Crippen LogP contribution >= 0.6 is 0 Å². The molecule has 4 heteroatoms. The molecule has 19 heavy (non-hydrogen) atoms. The van der Waals surface area contributed by atoms with Crippen LogP contribution in [0.1, 0.15) is 26.0 Å². The van der Waals surface area contributed by atoms with Gasteiger partial charge in [-0.2, -0.15) is 0 Å². The van der Waals surface area contributed by atoms with Crippen LogP contribution in [0.15, 0.2) is 18.2 Å². The van der Waals surface area contributed by atoms with Gasteiger partial charge in [0.15, 0.2) is 11.6 Å². The molecule has 0 atom stereocenters. The van der Waals surface area contributed by atoms with Gasteiger partial charge in [0, 0.05) is 29.4 Å². The molecular weight excluding hydrogens is 243 g/mol. The number of rotatable bonds is 5. The minimum Gasteiger partial charge on any atom is -0.494 e. The largest absolute Gasteiger partial charge is 0.494 e. The standard InChI is InChI=1S/C15H19FN2O/c1-4-6-10-7-13(17-5-2)11-8-15(19-3)12(16)9-14(11)18-10/h7-9H,4-6H2,1-3H3,(H,17,18). The van der Waals surface area contributed by atoms with Gasteiger partial charge in [-0.15, -0.1) is 0 Å². The maximum Gasteiger partial charge on any atom is 0.167 e. The molecule has 0 aliphatic carbocycles. The number of nitrogens with zero attached hydrogens (tertiary/aromatic N) is 1. The number of aromatic nitrogens is 1. The van der Waals surface area contributed by atoms with Crippen LogP contribution in [0.2, 0.25) is 0 Å². The third-order valence-electron chi connectivity index (χ3n) is 3.01. The molecule has 2 rings (SSSR count). The van der Waals surface area contributed by atoms with Crippen LogP contribution in [0.3, 0.4) is 0 Å². The van der Waals surface area contributed by atoms with Gasteiger partial charge in [-0.05, 0) is 25.5 Å². The van der Waals surface area contributed by atoms with Gasteiger partial charge in [0.05, 0.1) is 12.6 Å². The molecule has 0 spiro atoms. The lowest BCUT2D eigenvalue weighted by atomic mass is 10.1. The monoisotopic (exact) mass is 262 g/mol. The summed E-state index contributed by atoms with van der Waals surface area (Å²) in [5.74, 6) is -0.129. The number of ether oxygens (including phenoxy) is 1. The molecule has 102 valence electrons. The molecule has 0 radical (unpaired) electrons. The van der Waals surface area contributed by atoms with Gasteiger partial charge in [-0.1, -0.05) is 13.3 Å². The van der Waals surface area contributed by atoms with Crippen molar-refractivity contribution in [2.45, 2.75) is 26.7 Å². The summed E-state index contributed by atoms with van der Waals surface area (Å²) in [6.45, 7) is 4.95. The Morgan fingerprint density at radius 1 is 1.26 bits per heavy atom. The number of fused-ring (bicyclic) bond motifs is 1. The zero-order valence-electron chi connectivity index (χ0n) is 11.6. The van der Waals surface area contributed by atoms with Crippen LogP contribution in [0.5, 0.6) is 5.75 Å². The van der Waals surface area contributed by atoms with E-state index in [-0.39, 0.29) is 11.6 Å². The van der Waals surface area contributed by atoms with Gasteiger partial charge in [0.25, 0.3) is 0 Å². The van der Waals surface area contributed by atoms with Crippen LogP contribution < -0.4 is 10.1 Å². The predicted molar refractivity (Wildman–Crippen MR) is 76.4 cm³/mol. The lowest BCUT2D eigenvalue weighted by molar-refractivity contribution is 0.387. The molecule has 0 bridgehead atoms. The smallest absolute Gasteiger partial charge is 0.167 e. The second kappa shape index (κ2) is 5.87. The van der Waals surface area contributed by atoms with Crippen LogP contribution in [-0.4, -0.2) is 18.6 Å². The Morgan fingerprint density at radius 2 is 2.05 bits per heavy atom. The highest BCUT2D eigenvalue weighted by molar-refractivity contribution is 5.92. The van der Waals surface area contributed by atoms with E-state index < -0.39 is 0 Å². The van der Waals surface area contributed by atoms with E-state index in [2.05, 4.69) is 17.2 Å². The van der Waals surface area contributed by atoms with Crippen molar-refractivity contribution in [2.24, 2.45) is 0 Å². The van der Waals surface area contributed by atoms with E-state index in [9.17, 15) is 4.39 Å². The molecule has 0 saturated heterocycles. The molecule has 1 N–H and O–H groups in total. The molecule has 0 aliphatic rings. The summed E-state index contributed by atoms with van der Waals surface area (Å²) in [6, 6.07) is 5.17. The molecule has 2 aromatic rings. The van der Waals surface area contributed by atoms with Crippen molar-refractivity contribution in [1.29, 1.82) is 0 Å². The summed E-state index contributed by atoms with van der Waals surface area (Å²) in [5.41, 5.74) is 2.63. The first-order valence-electron chi connectivity index (χ1n) is 6.60. The minimum absolute atomic E-state index is 0.247. The maximum absolute atomic E-state index is 13.8. The lowest BCUT2D eigenvalue weighted by Gasteiger charge is -2.12. The fourth-order valence-electron chi connectivity index (χ4n) is 2.16. The van der Waals surface area contributed by atoms with Crippen molar-refractivity contribution < 1.29 is 9.13 Å². The first-order valence-corrected chi connectivity index (χ1v) is 6.60. The third-order valence-corrected chi connectivity index (χ3v) is 3.01. The molecule has 0 saturated carbocycles. The normalized spacial score (nSPS) is 10.7. The predicted octanol–water partition coefficient (Wildman–Crippen LogP) is 3.77. The summed E-state index contributed by atoms with van der Waals surface area (Å²) in [5, 5.41) is 4.19. The topological polar surface area (TPSA) is 34.1 Å². The van der Waals surface area contributed by atoms with Crippen molar-refractivity contribution >= 4 is 16.6 Å². The quantitative estimate of drug-likeness (QED) is 0.890. The highest BCUT2D eigenvalue weighted by Crippen LogP contribution is 2.29. The summed E-state index contributed by atoms with van der Waals surface area (Å²) in [4.78, 5) is 4.51. The van der Waals surface area contributed by atoms with Crippen LogP contribution in [0, 0.1) is 5.82 Å². The van der Waals surface area contributed by atoms with Gasteiger partial charge in [0.1, 0.15) is 0 Å². The molecule has 0 aliphatic heterocycles. The summed E-state index contributed by atoms with van der Waals surface area (Å²) in [7, 11) is 1.47. The number of methoxy groups -OCH3 is 1. The summed E-state index contributed by atoms with van der Waals surface area (Å²) in [6.07, 6.45) is 1.91. The van der Waals surface area contributed by atoms with Crippen molar-refractivity contribution in [3.05, 3.63) is 29.7 Å². The minimum atomic E-state index is -0.376. The number of anilines is 1. The zero-order valence-corrected chi connectivity index (χ0v) is 11.6. The van der Waals surface area contributed by atoms with Gasteiger partial charge in [-0.25, -0.2) is 4.39 Å². The molecule has 0 amide bonds. The van der Waals surface area contributed by atoms with Gasteiger partial charge in [-0.3, -0.25) is 4.98 Å². The first-order chi connectivity index (χ1) is 9.19. The van der Waals surface area contributed by atoms with E-state index in [1.165, 1.54) is 13.2 Å². The first kappa shape index (κ1) is 13.6. The SMILES string of the molecule is CCCc1cc(NCC)c2cc(OC)c(F)cc2n1. The molecule has 0 unspecified atom stereocenters. The Kier molecular flexibility index (Phi) is 4.20. The van der Waals surface area contributed by atoms with Crippen LogP contribution in [-0.2, 0) is 6.42 Å². The molecule has 1 heterocycles. The van der Waals surface area contributed by atoms with Gasteiger partial charge in [0.2, 0.25) is 0 Å². The number of hydrogen-bond acceptors (Lipinski definition) is 3. The Labute approximate surface area is 112 Å². The number of hydrogen-bond donors (Lipinski definition) is 1. The number of pyridine rings is 1. The van der Waals surface area contributed by atoms with E-state index >= 15 is 0 Å². The van der Waals surface area contributed by atoms with Crippen molar-refractivity contribution in [3.63, 3.8) is 0 Å². The maximum atomic E-state index is 13.8. The molecule has 1 aromatic carbocycles. The lowest BCUT2D eigenvalue weighted by Crippen LogP contribution is -2.01. The number of benzene rings is 1. The van der Waals surface area contributed by atoms with Gasteiger partial charge >= 0.3 is 0 Å². The second-order valence-electron chi connectivity index (χ2n) is 4.45. The fraction of sp³-hybridized carbons (Fsp3) is 0.400.